The summed E-state index contributed by atoms with van der Waals surface area (Å²) in [5.41, 5.74) is 2.08. The molecule has 0 aliphatic heterocycles. The fraction of sp³-hybridized carbons (Fsp3) is 0.312. The van der Waals surface area contributed by atoms with E-state index in [1.165, 1.54) is 0 Å². The van der Waals surface area contributed by atoms with Gasteiger partial charge in [0.05, 0.1) is 5.92 Å². The lowest BCUT2D eigenvalue weighted by atomic mass is 9.86. The van der Waals surface area contributed by atoms with Gasteiger partial charge >= 0.3 is 5.97 Å². The summed E-state index contributed by atoms with van der Waals surface area (Å²) in [7, 11) is 0. The topological polar surface area (TPSA) is 37.3 Å². The first-order valence-corrected chi connectivity index (χ1v) is 6.26. The zero-order valence-electron chi connectivity index (χ0n) is 11.0. The molecule has 0 aliphatic rings. The lowest BCUT2D eigenvalue weighted by Gasteiger charge is -2.18. The molecule has 0 aromatic heterocycles. The summed E-state index contributed by atoms with van der Waals surface area (Å²) in [5.74, 6) is -0.923. The first kappa shape index (κ1) is 12.6. The van der Waals surface area contributed by atoms with Crippen molar-refractivity contribution >= 4 is 16.7 Å². The number of benzene rings is 2. The second-order valence-corrected chi connectivity index (χ2v) is 5.00. The Hall–Kier alpha value is -1.83. The third kappa shape index (κ3) is 2.10. The number of hydrogen-bond acceptors (Lipinski definition) is 1. The summed E-state index contributed by atoms with van der Waals surface area (Å²) < 4.78 is 0. The van der Waals surface area contributed by atoms with E-state index in [-0.39, 0.29) is 0 Å². The van der Waals surface area contributed by atoms with E-state index in [2.05, 4.69) is 26.0 Å². The molecule has 0 aliphatic carbocycles. The van der Waals surface area contributed by atoms with Gasteiger partial charge in [-0.1, -0.05) is 50.2 Å². The summed E-state index contributed by atoms with van der Waals surface area (Å²) in [4.78, 5) is 11.3. The summed E-state index contributed by atoms with van der Waals surface area (Å²) in [6.45, 7) is 5.96. The molecule has 1 unspecified atom stereocenters. The highest BCUT2D eigenvalue weighted by atomic mass is 16.4. The van der Waals surface area contributed by atoms with E-state index >= 15 is 0 Å². The number of fused-ring (bicyclic) bond motifs is 1. The van der Waals surface area contributed by atoms with Crippen molar-refractivity contribution in [3.05, 3.63) is 47.5 Å². The number of carbonyl (C=O) groups is 1. The molecule has 2 aromatic carbocycles. The first-order valence-electron chi connectivity index (χ1n) is 6.26. The molecule has 0 heterocycles. The van der Waals surface area contributed by atoms with E-state index in [0.717, 1.165) is 21.9 Å². The third-order valence-corrected chi connectivity index (χ3v) is 3.43. The number of rotatable bonds is 3. The highest BCUT2D eigenvalue weighted by Gasteiger charge is 2.21. The Bertz CT molecular complexity index is 585. The van der Waals surface area contributed by atoms with Crippen molar-refractivity contribution in [2.45, 2.75) is 32.6 Å². The van der Waals surface area contributed by atoms with Gasteiger partial charge in [-0.25, -0.2) is 0 Å². The van der Waals surface area contributed by atoms with Crippen LogP contribution in [0.5, 0.6) is 0 Å². The fourth-order valence-corrected chi connectivity index (χ4v) is 2.42. The van der Waals surface area contributed by atoms with Gasteiger partial charge in [-0.2, -0.15) is 0 Å². The second-order valence-electron chi connectivity index (χ2n) is 5.00. The predicted octanol–water partition coefficient (Wildman–Crippen LogP) is 4.15. The average Bonchev–Trinajstić information content (AvgIpc) is 2.36. The highest BCUT2D eigenvalue weighted by Crippen LogP contribution is 2.33. The fourth-order valence-electron chi connectivity index (χ4n) is 2.42. The van der Waals surface area contributed by atoms with Gasteiger partial charge in [0.25, 0.3) is 0 Å². The van der Waals surface area contributed by atoms with E-state index in [0.29, 0.717) is 5.92 Å². The van der Waals surface area contributed by atoms with E-state index in [4.69, 9.17) is 0 Å². The number of aliphatic carboxylic acids is 1. The van der Waals surface area contributed by atoms with Crippen LogP contribution in [0.25, 0.3) is 10.8 Å². The molecule has 2 rings (SSSR count). The van der Waals surface area contributed by atoms with Crippen molar-refractivity contribution in [1.82, 2.24) is 0 Å². The normalized spacial score (nSPS) is 12.9. The average molecular weight is 242 g/mol. The van der Waals surface area contributed by atoms with Gasteiger partial charge < -0.3 is 5.11 Å². The molecule has 2 nitrogen and oxygen atoms in total. The zero-order chi connectivity index (χ0) is 13.3. The number of carboxylic acid groups (broad SMARTS) is 1. The Morgan fingerprint density at radius 3 is 2.33 bits per heavy atom. The van der Waals surface area contributed by atoms with Gasteiger partial charge in [0.2, 0.25) is 0 Å². The minimum atomic E-state index is -0.770. The molecule has 0 spiro atoms. The van der Waals surface area contributed by atoms with E-state index in [9.17, 15) is 9.90 Å². The zero-order valence-corrected chi connectivity index (χ0v) is 11.0. The Kier molecular flexibility index (Phi) is 3.37. The molecule has 0 saturated heterocycles. The van der Waals surface area contributed by atoms with Crippen molar-refractivity contribution in [3.8, 4) is 0 Å². The van der Waals surface area contributed by atoms with Crippen LogP contribution in [0, 0.1) is 0 Å². The molecule has 1 atom stereocenters. The maximum atomic E-state index is 11.3. The smallest absolute Gasteiger partial charge is 0.310 e. The Balaban J connectivity index is 2.78. The molecule has 1 N–H and O–H groups in total. The van der Waals surface area contributed by atoms with Gasteiger partial charge in [0, 0.05) is 0 Å². The monoisotopic (exact) mass is 242 g/mol. The van der Waals surface area contributed by atoms with Crippen LogP contribution in [0.2, 0.25) is 0 Å². The van der Waals surface area contributed by atoms with E-state index in [1.54, 1.807) is 6.92 Å². The SMILES string of the molecule is CC(C)c1ccc2ccccc2c1C(C)C(=O)O. The molecular weight excluding hydrogens is 224 g/mol. The quantitative estimate of drug-likeness (QED) is 0.877. The number of hydrogen-bond donors (Lipinski definition) is 1. The summed E-state index contributed by atoms with van der Waals surface area (Å²) >= 11 is 0. The molecule has 18 heavy (non-hydrogen) atoms. The Morgan fingerprint density at radius 1 is 1.06 bits per heavy atom. The minimum Gasteiger partial charge on any atom is -0.481 e. The molecule has 0 bridgehead atoms. The lowest BCUT2D eigenvalue weighted by Crippen LogP contribution is -2.11. The maximum Gasteiger partial charge on any atom is 0.310 e. The van der Waals surface area contributed by atoms with E-state index in [1.807, 2.05) is 24.3 Å². The standard InChI is InChI=1S/C16H18O2/c1-10(2)13-9-8-12-6-4-5-7-14(12)15(13)11(3)16(17)18/h4-11H,1-3H3,(H,17,18). The molecule has 0 saturated carbocycles. The van der Waals surface area contributed by atoms with Crippen molar-refractivity contribution in [1.29, 1.82) is 0 Å². The molecular formula is C16H18O2. The first-order chi connectivity index (χ1) is 8.52. The summed E-state index contributed by atoms with van der Waals surface area (Å²) in [6.07, 6.45) is 0. The molecule has 0 radical (unpaired) electrons. The van der Waals surface area contributed by atoms with Crippen molar-refractivity contribution in [2.24, 2.45) is 0 Å². The van der Waals surface area contributed by atoms with Gasteiger partial charge in [0.15, 0.2) is 0 Å². The Labute approximate surface area is 107 Å². The number of carboxylic acids is 1. The van der Waals surface area contributed by atoms with Crippen LogP contribution in [0.15, 0.2) is 36.4 Å². The third-order valence-electron chi connectivity index (χ3n) is 3.43. The Morgan fingerprint density at radius 2 is 1.72 bits per heavy atom. The molecule has 94 valence electrons. The lowest BCUT2D eigenvalue weighted by molar-refractivity contribution is -0.138. The van der Waals surface area contributed by atoms with E-state index < -0.39 is 11.9 Å². The molecule has 0 amide bonds. The highest BCUT2D eigenvalue weighted by molar-refractivity contribution is 5.91. The van der Waals surface area contributed by atoms with Gasteiger partial charge in [-0.15, -0.1) is 0 Å². The minimum absolute atomic E-state index is 0.325. The van der Waals surface area contributed by atoms with Crippen LogP contribution in [-0.4, -0.2) is 11.1 Å². The van der Waals surface area contributed by atoms with Gasteiger partial charge in [-0.05, 0) is 34.7 Å². The van der Waals surface area contributed by atoms with Crippen molar-refractivity contribution < 1.29 is 9.90 Å². The van der Waals surface area contributed by atoms with Gasteiger partial charge in [0.1, 0.15) is 0 Å². The second kappa shape index (κ2) is 4.81. The van der Waals surface area contributed by atoms with Crippen LogP contribution in [0.4, 0.5) is 0 Å². The summed E-state index contributed by atoms with van der Waals surface area (Å²) in [5, 5.41) is 11.5. The van der Waals surface area contributed by atoms with Gasteiger partial charge in [-0.3, -0.25) is 4.79 Å². The van der Waals surface area contributed by atoms with Crippen LogP contribution < -0.4 is 0 Å². The molecule has 2 aromatic rings. The van der Waals surface area contributed by atoms with Crippen LogP contribution in [0.1, 0.15) is 43.7 Å². The largest absolute Gasteiger partial charge is 0.481 e. The van der Waals surface area contributed by atoms with Crippen LogP contribution in [-0.2, 0) is 4.79 Å². The maximum absolute atomic E-state index is 11.3. The van der Waals surface area contributed by atoms with Crippen molar-refractivity contribution in [3.63, 3.8) is 0 Å². The molecule has 2 heteroatoms. The van der Waals surface area contributed by atoms with Crippen molar-refractivity contribution in [2.75, 3.05) is 0 Å². The predicted molar refractivity (Wildman–Crippen MR) is 74.1 cm³/mol. The summed E-state index contributed by atoms with van der Waals surface area (Å²) in [6, 6.07) is 12.1. The molecule has 0 fully saturated rings. The van der Waals surface area contributed by atoms with Crippen LogP contribution in [0.3, 0.4) is 0 Å². The van der Waals surface area contributed by atoms with Crippen LogP contribution >= 0.6 is 0 Å².